The van der Waals surface area contributed by atoms with Crippen molar-refractivity contribution >= 4 is 22.0 Å². The second-order valence-electron chi connectivity index (χ2n) is 3.80. The van der Waals surface area contributed by atoms with E-state index in [1.165, 1.54) is 7.11 Å². The van der Waals surface area contributed by atoms with Crippen molar-refractivity contribution in [1.82, 2.24) is 4.72 Å². The summed E-state index contributed by atoms with van der Waals surface area (Å²) in [5, 5.41) is 8.87. The van der Waals surface area contributed by atoms with Crippen LogP contribution < -0.4 is 4.72 Å². The van der Waals surface area contributed by atoms with Crippen LogP contribution in [0.2, 0.25) is 0 Å². The van der Waals surface area contributed by atoms with Gasteiger partial charge in [0.1, 0.15) is 6.04 Å². The van der Waals surface area contributed by atoms with E-state index in [-0.39, 0.29) is 18.6 Å². The van der Waals surface area contributed by atoms with Crippen LogP contribution in [0.1, 0.15) is 32.6 Å². The molecule has 8 heteroatoms. The van der Waals surface area contributed by atoms with Gasteiger partial charge in [0, 0.05) is 6.42 Å². The van der Waals surface area contributed by atoms with Gasteiger partial charge >= 0.3 is 11.9 Å². The lowest BCUT2D eigenvalue weighted by Gasteiger charge is -2.13. The fourth-order valence-corrected chi connectivity index (χ4v) is 2.65. The number of carbonyl (C=O) groups excluding carboxylic acids is 1. The smallest absolute Gasteiger partial charge is 0.321 e. The van der Waals surface area contributed by atoms with Crippen LogP contribution in [0.3, 0.4) is 0 Å². The van der Waals surface area contributed by atoms with Crippen molar-refractivity contribution in [3.63, 3.8) is 0 Å². The van der Waals surface area contributed by atoms with Crippen molar-refractivity contribution in [2.45, 2.75) is 38.6 Å². The van der Waals surface area contributed by atoms with Gasteiger partial charge in [-0.15, -0.1) is 0 Å². The van der Waals surface area contributed by atoms with Gasteiger partial charge in [0.25, 0.3) is 0 Å². The summed E-state index contributed by atoms with van der Waals surface area (Å²) in [5.74, 6) is -2.00. The lowest BCUT2D eigenvalue weighted by atomic mass is 10.2. The third-order valence-corrected chi connectivity index (χ3v) is 3.72. The van der Waals surface area contributed by atoms with Gasteiger partial charge in [0.05, 0.1) is 12.9 Å². The molecule has 0 radical (unpaired) electrons. The maximum atomic E-state index is 11.5. The average molecular weight is 281 g/mol. The summed E-state index contributed by atoms with van der Waals surface area (Å²) in [6.45, 7) is 1.83. The molecule has 0 heterocycles. The van der Waals surface area contributed by atoms with Crippen molar-refractivity contribution in [2.75, 3.05) is 12.9 Å². The molecular weight excluding hydrogens is 262 g/mol. The molecule has 0 spiro atoms. The van der Waals surface area contributed by atoms with Gasteiger partial charge in [-0.25, -0.2) is 13.1 Å². The van der Waals surface area contributed by atoms with Gasteiger partial charge in [-0.05, 0) is 12.8 Å². The summed E-state index contributed by atoms with van der Waals surface area (Å²) in [6, 6.07) is -1.30. The summed E-state index contributed by atoms with van der Waals surface area (Å²) in [5.41, 5.74) is 0. The highest BCUT2D eigenvalue weighted by molar-refractivity contribution is 7.89. The lowest BCUT2D eigenvalue weighted by Crippen LogP contribution is -2.42. The first kappa shape index (κ1) is 16.9. The molecule has 0 aliphatic carbocycles. The Morgan fingerprint density at radius 1 is 1.39 bits per heavy atom. The van der Waals surface area contributed by atoms with Gasteiger partial charge in [-0.2, -0.15) is 0 Å². The third-order valence-electron chi connectivity index (χ3n) is 2.25. The summed E-state index contributed by atoms with van der Waals surface area (Å²) < 4.78 is 29.5. The first-order valence-corrected chi connectivity index (χ1v) is 7.27. The number of sulfonamides is 1. The maximum absolute atomic E-state index is 11.5. The van der Waals surface area contributed by atoms with Gasteiger partial charge in [-0.1, -0.05) is 13.3 Å². The van der Waals surface area contributed by atoms with Crippen LogP contribution in [-0.4, -0.2) is 44.4 Å². The van der Waals surface area contributed by atoms with Crippen LogP contribution in [0.15, 0.2) is 0 Å². The van der Waals surface area contributed by atoms with E-state index in [0.717, 1.165) is 0 Å². The molecule has 0 aromatic heterocycles. The van der Waals surface area contributed by atoms with E-state index in [2.05, 4.69) is 9.46 Å². The Hall–Kier alpha value is -1.15. The molecule has 0 bridgehead atoms. The van der Waals surface area contributed by atoms with Gasteiger partial charge in [-0.3, -0.25) is 9.59 Å². The average Bonchev–Trinajstić information content (AvgIpc) is 2.31. The molecule has 0 aliphatic heterocycles. The van der Waals surface area contributed by atoms with E-state index in [0.29, 0.717) is 12.8 Å². The minimum Gasteiger partial charge on any atom is -0.480 e. The quantitative estimate of drug-likeness (QED) is 0.581. The Balaban J connectivity index is 4.44. The van der Waals surface area contributed by atoms with Gasteiger partial charge < -0.3 is 9.84 Å². The van der Waals surface area contributed by atoms with Crippen molar-refractivity contribution in [3.05, 3.63) is 0 Å². The van der Waals surface area contributed by atoms with Crippen LogP contribution >= 0.6 is 0 Å². The minimum absolute atomic E-state index is 0.120. The van der Waals surface area contributed by atoms with Crippen molar-refractivity contribution in [1.29, 1.82) is 0 Å². The number of esters is 1. The SMILES string of the molecule is CCCCS(=O)(=O)N[C@@H](CCC(=O)OC)C(=O)O. The molecule has 0 aromatic rings. The lowest BCUT2D eigenvalue weighted by molar-refractivity contribution is -0.142. The van der Waals surface area contributed by atoms with Gasteiger partial charge in [0.2, 0.25) is 10.0 Å². The highest BCUT2D eigenvalue weighted by atomic mass is 32.2. The Morgan fingerprint density at radius 3 is 2.44 bits per heavy atom. The van der Waals surface area contributed by atoms with Gasteiger partial charge in [0.15, 0.2) is 0 Å². The van der Waals surface area contributed by atoms with E-state index < -0.39 is 28.0 Å². The second kappa shape index (κ2) is 8.04. The normalized spacial score (nSPS) is 13.0. The van der Waals surface area contributed by atoms with E-state index in [1.807, 2.05) is 6.92 Å². The Labute approximate surface area is 107 Å². The third kappa shape index (κ3) is 7.23. The van der Waals surface area contributed by atoms with Crippen molar-refractivity contribution in [2.24, 2.45) is 0 Å². The summed E-state index contributed by atoms with van der Waals surface area (Å²) >= 11 is 0. The number of rotatable bonds is 9. The van der Waals surface area contributed by atoms with Crippen LogP contribution in [0.25, 0.3) is 0 Å². The molecule has 0 unspecified atom stereocenters. The number of carboxylic acid groups (broad SMARTS) is 1. The first-order valence-electron chi connectivity index (χ1n) is 5.62. The molecule has 0 saturated heterocycles. The molecule has 2 N–H and O–H groups in total. The molecule has 0 aliphatic rings. The number of carboxylic acids is 1. The second-order valence-corrected chi connectivity index (χ2v) is 5.67. The zero-order valence-electron chi connectivity index (χ0n) is 10.5. The number of carbonyl (C=O) groups is 2. The number of hydrogen-bond acceptors (Lipinski definition) is 5. The molecule has 0 aromatic carbocycles. The maximum Gasteiger partial charge on any atom is 0.321 e. The Kier molecular flexibility index (Phi) is 7.53. The zero-order valence-corrected chi connectivity index (χ0v) is 11.3. The Morgan fingerprint density at radius 2 is 2.00 bits per heavy atom. The predicted molar refractivity (Wildman–Crippen MR) is 64.5 cm³/mol. The zero-order chi connectivity index (χ0) is 14.2. The number of nitrogens with one attached hydrogen (secondary N) is 1. The molecule has 0 fully saturated rings. The summed E-state index contributed by atoms with van der Waals surface area (Å²) in [7, 11) is -2.44. The molecule has 1 atom stereocenters. The fraction of sp³-hybridized carbons (Fsp3) is 0.800. The van der Waals surface area contributed by atoms with Crippen molar-refractivity contribution < 1.29 is 27.9 Å². The molecule has 18 heavy (non-hydrogen) atoms. The monoisotopic (exact) mass is 281 g/mol. The van der Waals surface area contributed by atoms with E-state index in [4.69, 9.17) is 5.11 Å². The predicted octanol–water partition coefficient (Wildman–Crippen LogP) is 0.112. The van der Waals surface area contributed by atoms with Crippen LogP contribution in [-0.2, 0) is 24.3 Å². The fourth-order valence-electron chi connectivity index (χ4n) is 1.21. The molecule has 0 amide bonds. The molecule has 7 nitrogen and oxygen atoms in total. The van der Waals surface area contributed by atoms with Crippen LogP contribution in [0, 0.1) is 0 Å². The van der Waals surface area contributed by atoms with E-state index in [1.54, 1.807) is 0 Å². The Bertz CT molecular complexity index is 378. The highest BCUT2D eigenvalue weighted by Crippen LogP contribution is 2.03. The summed E-state index contributed by atoms with van der Waals surface area (Å²) in [6.07, 6.45) is 0.872. The van der Waals surface area contributed by atoms with Crippen LogP contribution in [0.4, 0.5) is 0 Å². The first-order chi connectivity index (χ1) is 8.32. The highest BCUT2D eigenvalue weighted by Gasteiger charge is 2.24. The topological polar surface area (TPSA) is 110 Å². The molecule has 0 saturated carbocycles. The largest absolute Gasteiger partial charge is 0.480 e. The number of ether oxygens (including phenoxy) is 1. The summed E-state index contributed by atoms with van der Waals surface area (Å²) in [4.78, 5) is 21.8. The molecule has 106 valence electrons. The minimum atomic E-state index is -3.63. The number of aliphatic carboxylic acids is 1. The van der Waals surface area contributed by atoms with Crippen molar-refractivity contribution in [3.8, 4) is 0 Å². The number of methoxy groups -OCH3 is 1. The van der Waals surface area contributed by atoms with E-state index >= 15 is 0 Å². The number of hydrogen-bond donors (Lipinski definition) is 2. The molecule has 0 rings (SSSR count). The molecular formula is C10H19NO6S. The number of unbranched alkanes of at least 4 members (excludes halogenated alkanes) is 1. The van der Waals surface area contributed by atoms with E-state index in [9.17, 15) is 18.0 Å². The standard InChI is InChI=1S/C10H19NO6S/c1-3-4-7-18(15,16)11-8(10(13)14)5-6-9(12)17-2/h8,11H,3-7H2,1-2H3,(H,13,14)/t8-/m0/s1. The van der Waals surface area contributed by atoms with Crippen LogP contribution in [0.5, 0.6) is 0 Å².